The second-order valence-corrected chi connectivity index (χ2v) is 9.67. The van der Waals surface area contributed by atoms with Gasteiger partial charge in [-0.15, -0.1) is 0 Å². The van der Waals surface area contributed by atoms with Crippen LogP contribution < -0.4 is 11.1 Å². The van der Waals surface area contributed by atoms with E-state index in [4.69, 9.17) is 4.42 Å². The molecule has 1 N–H and O–H groups in total. The van der Waals surface area contributed by atoms with E-state index in [9.17, 15) is 18.0 Å². The smallest absolute Gasteiger partial charge is 0.408 e. The van der Waals surface area contributed by atoms with E-state index in [1.165, 1.54) is 21.0 Å². The Morgan fingerprint density at radius 2 is 2.11 bits per heavy atom. The number of sulfonamides is 1. The maximum atomic E-state index is 13.1. The van der Waals surface area contributed by atoms with Gasteiger partial charge in [0.25, 0.3) is 0 Å². The summed E-state index contributed by atoms with van der Waals surface area (Å²) in [6.45, 7) is 5.31. The summed E-state index contributed by atoms with van der Waals surface area (Å²) in [6.07, 6.45) is 2.19. The third kappa shape index (κ3) is 4.15. The van der Waals surface area contributed by atoms with Crippen molar-refractivity contribution < 1.29 is 17.6 Å². The first-order chi connectivity index (χ1) is 13.2. The molecule has 1 aliphatic rings. The SMILES string of the molecule is CC(C)CCNC(=O)[C@@H]1CCCN(S(=O)(=O)c2ccc3c(c2)oc(=O)n3C)C1. The van der Waals surface area contributed by atoms with Crippen molar-refractivity contribution in [2.24, 2.45) is 18.9 Å². The molecule has 1 aromatic heterocycles. The van der Waals surface area contributed by atoms with Crippen LogP contribution in [-0.2, 0) is 21.9 Å². The summed E-state index contributed by atoms with van der Waals surface area (Å²) in [5.41, 5.74) is 0.763. The fourth-order valence-corrected chi connectivity index (χ4v) is 4.97. The molecule has 1 aliphatic heterocycles. The zero-order chi connectivity index (χ0) is 20.5. The standard InChI is InChI=1S/C19H27N3O5S/c1-13(2)8-9-20-18(23)14-5-4-10-22(12-14)28(25,26)15-6-7-16-17(11-15)27-19(24)21(16)3/h6-7,11,13-14H,4-5,8-10,12H2,1-3H3,(H,20,23)/t14-/m1/s1. The predicted octanol–water partition coefficient (Wildman–Crippen LogP) is 1.69. The first-order valence-corrected chi connectivity index (χ1v) is 11.0. The third-order valence-electron chi connectivity index (χ3n) is 5.18. The molecule has 154 valence electrons. The van der Waals surface area contributed by atoms with E-state index in [1.807, 2.05) is 0 Å². The van der Waals surface area contributed by atoms with E-state index < -0.39 is 15.8 Å². The van der Waals surface area contributed by atoms with Gasteiger partial charge in [0, 0.05) is 32.7 Å². The topological polar surface area (TPSA) is 102 Å². The molecule has 0 radical (unpaired) electrons. The van der Waals surface area contributed by atoms with Crippen molar-refractivity contribution in [2.45, 2.75) is 38.0 Å². The van der Waals surface area contributed by atoms with Crippen LogP contribution in [0.2, 0.25) is 0 Å². The number of carbonyl (C=O) groups is 1. The minimum atomic E-state index is -3.78. The molecule has 0 aliphatic carbocycles. The molecule has 0 spiro atoms. The van der Waals surface area contributed by atoms with E-state index in [0.717, 1.165) is 6.42 Å². The van der Waals surface area contributed by atoms with E-state index in [-0.39, 0.29) is 28.8 Å². The first kappa shape index (κ1) is 20.6. The van der Waals surface area contributed by atoms with Crippen LogP contribution in [0.3, 0.4) is 0 Å². The van der Waals surface area contributed by atoms with Gasteiger partial charge >= 0.3 is 5.76 Å². The molecule has 8 nitrogen and oxygen atoms in total. The molecule has 1 aromatic carbocycles. The fourth-order valence-electron chi connectivity index (χ4n) is 3.43. The summed E-state index contributed by atoms with van der Waals surface area (Å²) in [5, 5.41) is 2.92. The number of rotatable bonds is 6. The number of fused-ring (bicyclic) bond motifs is 1. The number of amides is 1. The normalized spacial score (nSPS) is 18.6. The lowest BCUT2D eigenvalue weighted by molar-refractivity contribution is -0.126. The van der Waals surface area contributed by atoms with Crippen LogP contribution in [0.1, 0.15) is 33.1 Å². The molecule has 3 rings (SSSR count). The summed E-state index contributed by atoms with van der Waals surface area (Å²) >= 11 is 0. The van der Waals surface area contributed by atoms with Gasteiger partial charge in [-0.25, -0.2) is 13.2 Å². The van der Waals surface area contributed by atoms with Crippen molar-refractivity contribution in [3.05, 3.63) is 28.7 Å². The second-order valence-electron chi connectivity index (χ2n) is 7.73. The van der Waals surface area contributed by atoms with Gasteiger partial charge in [-0.2, -0.15) is 4.31 Å². The van der Waals surface area contributed by atoms with Crippen molar-refractivity contribution in [1.29, 1.82) is 0 Å². The van der Waals surface area contributed by atoms with Gasteiger partial charge in [-0.1, -0.05) is 13.8 Å². The fraction of sp³-hybridized carbons (Fsp3) is 0.579. The Balaban J connectivity index is 1.76. The Morgan fingerprint density at radius 1 is 1.36 bits per heavy atom. The van der Waals surface area contributed by atoms with Crippen LogP contribution >= 0.6 is 0 Å². The highest BCUT2D eigenvalue weighted by atomic mass is 32.2. The molecule has 2 heterocycles. The van der Waals surface area contributed by atoms with Crippen molar-refractivity contribution in [3.63, 3.8) is 0 Å². The van der Waals surface area contributed by atoms with E-state index in [0.29, 0.717) is 37.4 Å². The Kier molecular flexibility index (Phi) is 5.95. The van der Waals surface area contributed by atoms with Crippen molar-refractivity contribution in [3.8, 4) is 0 Å². The van der Waals surface area contributed by atoms with Gasteiger partial charge in [-0.3, -0.25) is 9.36 Å². The molecule has 1 fully saturated rings. The van der Waals surface area contributed by atoms with Gasteiger partial charge in [0.05, 0.1) is 16.3 Å². The number of nitrogens with zero attached hydrogens (tertiary/aromatic N) is 2. The number of hydrogen-bond donors (Lipinski definition) is 1. The minimum absolute atomic E-state index is 0.0650. The molecule has 1 amide bonds. The van der Waals surface area contributed by atoms with Crippen molar-refractivity contribution in [1.82, 2.24) is 14.2 Å². The molecule has 9 heteroatoms. The summed E-state index contributed by atoms with van der Waals surface area (Å²) in [5.74, 6) is -0.490. The summed E-state index contributed by atoms with van der Waals surface area (Å²) in [7, 11) is -2.21. The first-order valence-electron chi connectivity index (χ1n) is 9.57. The van der Waals surface area contributed by atoms with Crippen LogP contribution in [0.25, 0.3) is 11.1 Å². The molecular weight excluding hydrogens is 382 g/mol. The minimum Gasteiger partial charge on any atom is -0.408 e. The van der Waals surface area contributed by atoms with Crippen molar-refractivity contribution in [2.75, 3.05) is 19.6 Å². The van der Waals surface area contributed by atoms with Gasteiger partial charge < -0.3 is 9.73 Å². The van der Waals surface area contributed by atoms with Crippen LogP contribution in [0, 0.1) is 11.8 Å². The van der Waals surface area contributed by atoms with Gasteiger partial charge in [0.15, 0.2) is 5.58 Å². The molecule has 0 unspecified atom stereocenters. The molecule has 0 bridgehead atoms. The van der Waals surface area contributed by atoms with E-state index >= 15 is 0 Å². The number of hydrogen-bond acceptors (Lipinski definition) is 5. The number of piperidine rings is 1. The maximum absolute atomic E-state index is 13.1. The summed E-state index contributed by atoms with van der Waals surface area (Å²) in [6, 6.07) is 4.41. The molecule has 0 saturated carbocycles. The number of carbonyl (C=O) groups excluding carboxylic acids is 1. The lowest BCUT2D eigenvalue weighted by atomic mass is 9.98. The number of benzene rings is 1. The lowest BCUT2D eigenvalue weighted by Gasteiger charge is -2.31. The van der Waals surface area contributed by atoms with Crippen molar-refractivity contribution >= 4 is 27.0 Å². The monoisotopic (exact) mass is 409 g/mol. The number of oxazole rings is 1. The zero-order valence-corrected chi connectivity index (χ0v) is 17.3. The Labute approximate surface area is 164 Å². The van der Waals surface area contributed by atoms with E-state index in [1.54, 1.807) is 13.1 Å². The lowest BCUT2D eigenvalue weighted by Crippen LogP contribution is -2.45. The predicted molar refractivity (Wildman–Crippen MR) is 105 cm³/mol. The highest BCUT2D eigenvalue weighted by Gasteiger charge is 2.33. The number of aromatic nitrogens is 1. The molecule has 2 aromatic rings. The van der Waals surface area contributed by atoms with Crippen LogP contribution in [0.5, 0.6) is 0 Å². The molecule has 1 saturated heterocycles. The molecule has 28 heavy (non-hydrogen) atoms. The Hall–Kier alpha value is -2.13. The summed E-state index contributed by atoms with van der Waals surface area (Å²) < 4.78 is 33.9. The molecule has 1 atom stereocenters. The zero-order valence-electron chi connectivity index (χ0n) is 16.5. The largest absolute Gasteiger partial charge is 0.419 e. The highest BCUT2D eigenvalue weighted by Crippen LogP contribution is 2.26. The average molecular weight is 410 g/mol. The second kappa shape index (κ2) is 8.08. The number of aryl methyl sites for hydroxylation is 1. The number of nitrogens with one attached hydrogen (secondary N) is 1. The quantitative estimate of drug-likeness (QED) is 0.782. The van der Waals surface area contributed by atoms with Gasteiger partial charge in [0.2, 0.25) is 15.9 Å². The Bertz CT molecular complexity index is 1020. The maximum Gasteiger partial charge on any atom is 0.419 e. The summed E-state index contributed by atoms with van der Waals surface area (Å²) in [4.78, 5) is 24.1. The third-order valence-corrected chi connectivity index (χ3v) is 7.04. The van der Waals surface area contributed by atoms with E-state index in [2.05, 4.69) is 19.2 Å². The van der Waals surface area contributed by atoms with Gasteiger partial charge in [-0.05, 0) is 37.3 Å². The average Bonchev–Trinajstić information content (AvgIpc) is 2.95. The Morgan fingerprint density at radius 3 is 2.82 bits per heavy atom. The van der Waals surface area contributed by atoms with Crippen LogP contribution in [0.4, 0.5) is 0 Å². The highest BCUT2D eigenvalue weighted by molar-refractivity contribution is 7.89. The molecular formula is C19H27N3O5S. The van der Waals surface area contributed by atoms with Crippen LogP contribution in [-0.4, -0.2) is 42.8 Å². The van der Waals surface area contributed by atoms with Crippen LogP contribution in [0.15, 0.2) is 32.3 Å². The van der Waals surface area contributed by atoms with Gasteiger partial charge in [0.1, 0.15) is 0 Å².